The summed E-state index contributed by atoms with van der Waals surface area (Å²) in [5.41, 5.74) is 1.07. The van der Waals surface area contributed by atoms with Gasteiger partial charge in [-0.05, 0) is 37.1 Å². The van der Waals surface area contributed by atoms with E-state index in [2.05, 4.69) is 10.3 Å². The number of amides is 1. The molecule has 26 heavy (non-hydrogen) atoms. The monoisotopic (exact) mass is 376 g/mol. The summed E-state index contributed by atoms with van der Waals surface area (Å²) >= 11 is 1.34. The standard InChI is InChI=1S/C18H20N2O5S/c1-23-13-6-4-12(5-7-13)17-20-15(11-26-17)18(22)25-10-16(21)19-9-14-3-2-8-24-14/h4-7,11,14H,2-3,8-10H2,1H3,(H,19,21)/t14-/m1/s1. The van der Waals surface area contributed by atoms with Gasteiger partial charge in [0.15, 0.2) is 12.3 Å². The van der Waals surface area contributed by atoms with Crippen LogP contribution in [0, 0.1) is 0 Å². The number of esters is 1. The number of aromatic nitrogens is 1. The van der Waals surface area contributed by atoms with Crippen molar-refractivity contribution in [1.82, 2.24) is 10.3 Å². The van der Waals surface area contributed by atoms with Crippen molar-refractivity contribution in [2.45, 2.75) is 18.9 Å². The average Bonchev–Trinajstić information content (AvgIpc) is 3.36. The summed E-state index contributed by atoms with van der Waals surface area (Å²) in [6.45, 7) is 0.839. The molecule has 0 spiro atoms. The molecule has 2 aromatic rings. The third-order valence-electron chi connectivity index (χ3n) is 3.94. The number of hydrogen-bond donors (Lipinski definition) is 1. The van der Waals surface area contributed by atoms with Crippen LogP contribution in [-0.4, -0.2) is 49.8 Å². The molecular formula is C18H20N2O5S. The first kappa shape index (κ1) is 18.3. The van der Waals surface area contributed by atoms with Gasteiger partial charge in [-0.3, -0.25) is 4.79 Å². The maximum Gasteiger partial charge on any atom is 0.358 e. The number of nitrogens with one attached hydrogen (secondary N) is 1. The van der Waals surface area contributed by atoms with Gasteiger partial charge in [0, 0.05) is 24.1 Å². The van der Waals surface area contributed by atoms with Crippen LogP contribution in [-0.2, 0) is 14.3 Å². The Morgan fingerprint density at radius 2 is 2.15 bits per heavy atom. The molecule has 8 heteroatoms. The van der Waals surface area contributed by atoms with Crippen molar-refractivity contribution < 1.29 is 23.8 Å². The molecule has 1 aromatic heterocycles. The predicted octanol–water partition coefficient (Wildman–Crippen LogP) is 2.27. The van der Waals surface area contributed by atoms with Crippen LogP contribution in [0.2, 0.25) is 0 Å². The lowest BCUT2D eigenvalue weighted by Crippen LogP contribution is -2.34. The number of nitrogens with zero attached hydrogens (tertiary/aromatic N) is 1. The molecule has 0 unspecified atom stereocenters. The number of rotatable bonds is 7. The van der Waals surface area contributed by atoms with Crippen molar-refractivity contribution >= 4 is 23.2 Å². The van der Waals surface area contributed by atoms with Gasteiger partial charge in [0.25, 0.3) is 5.91 Å². The molecule has 3 rings (SSSR count). The van der Waals surface area contributed by atoms with E-state index in [0.29, 0.717) is 11.6 Å². The van der Waals surface area contributed by atoms with Gasteiger partial charge in [-0.2, -0.15) is 0 Å². The van der Waals surface area contributed by atoms with Gasteiger partial charge in [0.2, 0.25) is 0 Å². The Kier molecular flexibility index (Phi) is 6.19. The third-order valence-corrected chi connectivity index (χ3v) is 4.83. The fraction of sp³-hybridized carbons (Fsp3) is 0.389. The second kappa shape index (κ2) is 8.77. The Bertz CT molecular complexity index is 753. The fourth-order valence-corrected chi connectivity index (χ4v) is 3.32. The minimum atomic E-state index is -0.617. The number of hydrogen-bond acceptors (Lipinski definition) is 7. The maximum atomic E-state index is 12.1. The Morgan fingerprint density at radius 3 is 2.85 bits per heavy atom. The Morgan fingerprint density at radius 1 is 1.35 bits per heavy atom. The molecule has 1 aliphatic heterocycles. The Balaban J connectivity index is 1.48. The number of benzene rings is 1. The van der Waals surface area contributed by atoms with Crippen molar-refractivity contribution in [3.05, 3.63) is 35.3 Å². The maximum absolute atomic E-state index is 12.1. The highest BCUT2D eigenvalue weighted by molar-refractivity contribution is 7.13. The molecule has 7 nitrogen and oxygen atoms in total. The molecule has 138 valence electrons. The van der Waals surface area contributed by atoms with Gasteiger partial charge in [-0.15, -0.1) is 11.3 Å². The van der Waals surface area contributed by atoms with E-state index in [1.807, 2.05) is 24.3 Å². The normalized spacial score (nSPS) is 16.3. The zero-order valence-corrected chi connectivity index (χ0v) is 15.2. The third kappa shape index (κ3) is 4.80. The number of ether oxygens (including phenoxy) is 3. The molecule has 0 radical (unpaired) electrons. The molecule has 1 saturated heterocycles. The molecule has 1 aliphatic rings. The van der Waals surface area contributed by atoms with E-state index >= 15 is 0 Å². The van der Waals surface area contributed by atoms with Crippen LogP contribution < -0.4 is 10.1 Å². The van der Waals surface area contributed by atoms with E-state index in [0.717, 1.165) is 30.8 Å². The van der Waals surface area contributed by atoms with Crippen molar-refractivity contribution in [2.75, 3.05) is 26.9 Å². The highest BCUT2D eigenvalue weighted by atomic mass is 32.1. The number of methoxy groups -OCH3 is 1. The topological polar surface area (TPSA) is 86.8 Å². The molecule has 0 saturated carbocycles. The van der Waals surface area contributed by atoms with Crippen LogP contribution in [0.1, 0.15) is 23.3 Å². The van der Waals surface area contributed by atoms with Crippen molar-refractivity contribution in [1.29, 1.82) is 0 Å². The van der Waals surface area contributed by atoms with Gasteiger partial charge < -0.3 is 19.5 Å². The number of thiazole rings is 1. The van der Waals surface area contributed by atoms with E-state index in [1.54, 1.807) is 12.5 Å². The lowest BCUT2D eigenvalue weighted by Gasteiger charge is -2.10. The van der Waals surface area contributed by atoms with Crippen molar-refractivity contribution in [3.8, 4) is 16.3 Å². The largest absolute Gasteiger partial charge is 0.497 e. The predicted molar refractivity (Wildman–Crippen MR) is 96.4 cm³/mol. The van der Waals surface area contributed by atoms with Crippen LogP contribution in [0.4, 0.5) is 0 Å². The molecule has 0 bridgehead atoms. The van der Waals surface area contributed by atoms with Gasteiger partial charge in [-0.1, -0.05) is 0 Å². The van der Waals surface area contributed by atoms with E-state index in [-0.39, 0.29) is 24.3 Å². The lowest BCUT2D eigenvalue weighted by atomic mass is 10.2. The lowest BCUT2D eigenvalue weighted by molar-refractivity contribution is -0.124. The summed E-state index contributed by atoms with van der Waals surface area (Å²) in [5.74, 6) is -0.216. The van der Waals surface area contributed by atoms with Crippen molar-refractivity contribution in [2.24, 2.45) is 0 Å². The van der Waals surface area contributed by atoms with Gasteiger partial charge >= 0.3 is 5.97 Å². The molecule has 1 fully saturated rings. The molecule has 2 heterocycles. The Hall–Kier alpha value is -2.45. The zero-order chi connectivity index (χ0) is 18.4. The first-order chi connectivity index (χ1) is 12.7. The van der Waals surface area contributed by atoms with Crippen LogP contribution in [0.25, 0.3) is 10.6 Å². The highest BCUT2D eigenvalue weighted by Crippen LogP contribution is 2.25. The smallest absolute Gasteiger partial charge is 0.358 e. The average molecular weight is 376 g/mol. The van der Waals surface area contributed by atoms with Crippen LogP contribution in [0.15, 0.2) is 29.6 Å². The second-order valence-electron chi connectivity index (χ2n) is 5.78. The molecule has 1 amide bonds. The summed E-state index contributed by atoms with van der Waals surface area (Å²) in [5, 5.41) is 5.02. The summed E-state index contributed by atoms with van der Waals surface area (Å²) in [7, 11) is 1.60. The highest BCUT2D eigenvalue weighted by Gasteiger charge is 2.18. The van der Waals surface area contributed by atoms with Crippen molar-refractivity contribution in [3.63, 3.8) is 0 Å². The molecular weight excluding hydrogens is 356 g/mol. The zero-order valence-electron chi connectivity index (χ0n) is 14.4. The SMILES string of the molecule is COc1ccc(-c2nc(C(=O)OCC(=O)NC[C@H]3CCCO3)cs2)cc1. The van der Waals surface area contributed by atoms with Crippen LogP contribution in [0.3, 0.4) is 0 Å². The van der Waals surface area contributed by atoms with E-state index < -0.39 is 5.97 Å². The molecule has 0 aliphatic carbocycles. The van der Waals surface area contributed by atoms with E-state index in [4.69, 9.17) is 14.2 Å². The minimum absolute atomic E-state index is 0.0558. The van der Waals surface area contributed by atoms with Crippen LogP contribution in [0.5, 0.6) is 5.75 Å². The molecule has 1 atom stereocenters. The fourth-order valence-electron chi connectivity index (χ4n) is 2.52. The summed E-state index contributed by atoms with van der Waals surface area (Å²) in [6.07, 6.45) is 2.00. The van der Waals surface area contributed by atoms with Gasteiger partial charge in [0.1, 0.15) is 10.8 Å². The number of carbonyl (C=O) groups is 2. The first-order valence-electron chi connectivity index (χ1n) is 8.31. The summed E-state index contributed by atoms with van der Waals surface area (Å²) < 4.78 is 15.6. The summed E-state index contributed by atoms with van der Waals surface area (Å²) in [4.78, 5) is 28.1. The quantitative estimate of drug-likeness (QED) is 0.746. The minimum Gasteiger partial charge on any atom is -0.497 e. The first-order valence-corrected chi connectivity index (χ1v) is 9.19. The van der Waals surface area contributed by atoms with Crippen LogP contribution >= 0.6 is 11.3 Å². The second-order valence-corrected chi connectivity index (χ2v) is 6.64. The number of carbonyl (C=O) groups excluding carboxylic acids is 2. The molecule has 1 aromatic carbocycles. The summed E-state index contributed by atoms with van der Waals surface area (Å²) in [6, 6.07) is 7.39. The van der Waals surface area contributed by atoms with E-state index in [1.165, 1.54) is 11.3 Å². The van der Waals surface area contributed by atoms with E-state index in [9.17, 15) is 9.59 Å². The molecule has 1 N–H and O–H groups in total. The van der Waals surface area contributed by atoms with Gasteiger partial charge in [0.05, 0.1) is 13.2 Å². The Labute approximate surface area is 155 Å². The van der Waals surface area contributed by atoms with Gasteiger partial charge in [-0.25, -0.2) is 9.78 Å².